The van der Waals surface area contributed by atoms with Gasteiger partial charge in [-0.2, -0.15) is 0 Å². The second-order valence-electron chi connectivity index (χ2n) is 6.71. The van der Waals surface area contributed by atoms with E-state index in [1.165, 1.54) is 6.07 Å². The minimum absolute atomic E-state index is 0.0336. The van der Waals surface area contributed by atoms with Gasteiger partial charge in [0.2, 0.25) is 0 Å². The number of amides is 2. The van der Waals surface area contributed by atoms with Crippen molar-refractivity contribution in [3.63, 3.8) is 0 Å². The van der Waals surface area contributed by atoms with Crippen LogP contribution in [0.25, 0.3) is 0 Å². The monoisotopic (exact) mass is 294 g/mol. The first-order chi connectivity index (χ1) is 9.79. The fourth-order valence-electron chi connectivity index (χ4n) is 2.19. The summed E-state index contributed by atoms with van der Waals surface area (Å²) in [6.07, 6.45) is 0.140. The van der Waals surface area contributed by atoms with Gasteiger partial charge in [0.15, 0.2) is 0 Å². The Morgan fingerprint density at radius 3 is 2.71 bits per heavy atom. The molecule has 0 radical (unpaired) electrons. The van der Waals surface area contributed by atoms with E-state index < -0.39 is 6.10 Å². The van der Waals surface area contributed by atoms with E-state index in [1.54, 1.807) is 18.2 Å². The summed E-state index contributed by atoms with van der Waals surface area (Å²) in [5, 5.41) is 15.3. The van der Waals surface area contributed by atoms with Crippen LogP contribution < -0.4 is 10.6 Å². The van der Waals surface area contributed by atoms with E-state index in [-0.39, 0.29) is 35.8 Å². The molecular formula is C16H23FN2O2. The van der Waals surface area contributed by atoms with Crippen LogP contribution in [0, 0.1) is 11.2 Å². The number of carbonyl (C=O) groups is 1. The number of carbonyl (C=O) groups excluding carboxylic acids is 1. The van der Waals surface area contributed by atoms with Crippen molar-refractivity contribution < 1.29 is 14.3 Å². The zero-order chi connectivity index (χ0) is 15.6. The van der Waals surface area contributed by atoms with E-state index in [0.717, 1.165) is 6.42 Å². The van der Waals surface area contributed by atoms with Crippen LogP contribution in [0.3, 0.4) is 0 Å². The molecular weight excluding hydrogens is 271 g/mol. The Hall–Kier alpha value is -1.62. The van der Waals surface area contributed by atoms with Crippen molar-refractivity contribution in [2.45, 2.75) is 45.3 Å². The fraction of sp³-hybridized carbons (Fsp3) is 0.562. The van der Waals surface area contributed by atoms with Crippen LogP contribution in [0.1, 0.15) is 38.7 Å². The highest BCUT2D eigenvalue weighted by atomic mass is 19.1. The van der Waals surface area contributed by atoms with Crippen LogP contribution in [0.2, 0.25) is 0 Å². The molecule has 1 fully saturated rings. The number of benzene rings is 1. The first kappa shape index (κ1) is 15.8. The topological polar surface area (TPSA) is 61.4 Å². The fourth-order valence-corrected chi connectivity index (χ4v) is 2.19. The van der Waals surface area contributed by atoms with Gasteiger partial charge in [0.05, 0.1) is 6.10 Å². The molecule has 0 spiro atoms. The molecule has 3 unspecified atom stereocenters. The van der Waals surface area contributed by atoms with Crippen molar-refractivity contribution >= 4 is 6.03 Å². The Morgan fingerprint density at radius 2 is 2.10 bits per heavy atom. The minimum atomic E-state index is -0.607. The van der Waals surface area contributed by atoms with Crippen LogP contribution >= 0.6 is 0 Å². The highest BCUT2D eigenvalue weighted by Crippen LogP contribution is 2.41. The van der Waals surface area contributed by atoms with Gasteiger partial charge in [0, 0.05) is 18.5 Å². The molecule has 0 saturated heterocycles. The van der Waals surface area contributed by atoms with E-state index in [0.29, 0.717) is 5.56 Å². The van der Waals surface area contributed by atoms with Gasteiger partial charge >= 0.3 is 6.03 Å². The average molecular weight is 294 g/mol. The average Bonchev–Trinajstić information content (AvgIpc) is 3.14. The van der Waals surface area contributed by atoms with Gasteiger partial charge in [-0.05, 0) is 23.5 Å². The lowest BCUT2D eigenvalue weighted by atomic mass is 9.89. The number of halogens is 1. The Balaban J connectivity index is 1.77. The van der Waals surface area contributed by atoms with E-state index in [1.807, 2.05) is 20.8 Å². The molecule has 1 saturated carbocycles. The van der Waals surface area contributed by atoms with Gasteiger partial charge in [0.1, 0.15) is 5.82 Å². The summed E-state index contributed by atoms with van der Waals surface area (Å²) in [4.78, 5) is 11.8. The maximum absolute atomic E-state index is 13.6. The molecule has 2 rings (SSSR count). The summed E-state index contributed by atoms with van der Waals surface area (Å²) < 4.78 is 13.6. The van der Waals surface area contributed by atoms with Crippen LogP contribution in [0.4, 0.5) is 9.18 Å². The number of hydrogen-bond donors (Lipinski definition) is 3. The molecule has 1 aliphatic rings. The molecule has 0 heterocycles. The van der Waals surface area contributed by atoms with Gasteiger partial charge in [-0.3, -0.25) is 0 Å². The van der Waals surface area contributed by atoms with Crippen molar-refractivity contribution in [3.05, 3.63) is 35.6 Å². The lowest BCUT2D eigenvalue weighted by Gasteiger charge is -2.25. The van der Waals surface area contributed by atoms with Gasteiger partial charge in [0.25, 0.3) is 0 Å². The van der Waals surface area contributed by atoms with Crippen molar-refractivity contribution in [2.24, 2.45) is 5.41 Å². The smallest absolute Gasteiger partial charge is 0.315 e. The maximum Gasteiger partial charge on any atom is 0.315 e. The van der Waals surface area contributed by atoms with Crippen molar-refractivity contribution in [2.75, 3.05) is 6.54 Å². The van der Waals surface area contributed by atoms with Crippen LogP contribution in [-0.2, 0) is 0 Å². The quantitative estimate of drug-likeness (QED) is 0.798. The first-order valence-corrected chi connectivity index (χ1v) is 7.26. The predicted octanol–water partition coefficient (Wildman–Crippen LogP) is 2.39. The van der Waals surface area contributed by atoms with Crippen LogP contribution in [-0.4, -0.2) is 29.8 Å². The summed E-state index contributed by atoms with van der Waals surface area (Å²) in [6.45, 7) is 5.93. The zero-order valence-electron chi connectivity index (χ0n) is 12.7. The Morgan fingerprint density at radius 1 is 1.43 bits per heavy atom. The lowest BCUT2D eigenvalue weighted by molar-refractivity contribution is 0.0650. The number of aliphatic hydroxyl groups is 1. The van der Waals surface area contributed by atoms with Crippen LogP contribution in [0.5, 0.6) is 0 Å². The van der Waals surface area contributed by atoms with E-state index >= 15 is 0 Å². The maximum atomic E-state index is 13.6. The van der Waals surface area contributed by atoms with Gasteiger partial charge in [-0.25, -0.2) is 9.18 Å². The SMILES string of the molecule is CC(C)(C)C(O)CNC(=O)NC1CC1c1ccccc1F. The molecule has 116 valence electrons. The second-order valence-corrected chi connectivity index (χ2v) is 6.71. The molecule has 1 aromatic carbocycles. The summed E-state index contributed by atoms with van der Waals surface area (Å²) in [7, 11) is 0. The predicted molar refractivity (Wildman–Crippen MR) is 79.5 cm³/mol. The van der Waals surface area contributed by atoms with Crippen molar-refractivity contribution in [3.8, 4) is 0 Å². The third-order valence-electron chi connectivity index (χ3n) is 3.87. The molecule has 0 aromatic heterocycles. The molecule has 3 N–H and O–H groups in total. The van der Waals surface area contributed by atoms with Gasteiger partial charge in [-0.15, -0.1) is 0 Å². The molecule has 3 atom stereocenters. The van der Waals surface area contributed by atoms with E-state index in [9.17, 15) is 14.3 Å². The zero-order valence-corrected chi connectivity index (χ0v) is 12.7. The van der Waals surface area contributed by atoms with Crippen molar-refractivity contribution in [1.82, 2.24) is 10.6 Å². The first-order valence-electron chi connectivity index (χ1n) is 7.26. The largest absolute Gasteiger partial charge is 0.391 e. The Kier molecular flexibility index (Phi) is 4.52. The van der Waals surface area contributed by atoms with Gasteiger partial charge in [-0.1, -0.05) is 39.0 Å². The lowest BCUT2D eigenvalue weighted by Crippen LogP contribution is -2.44. The normalized spacial score (nSPS) is 22.5. The second kappa shape index (κ2) is 6.02. The number of urea groups is 1. The van der Waals surface area contributed by atoms with E-state index in [4.69, 9.17) is 0 Å². The molecule has 1 aromatic rings. The summed E-state index contributed by atoms with van der Waals surface area (Å²) in [5.74, 6) is -0.181. The Labute approximate surface area is 124 Å². The third kappa shape index (κ3) is 4.17. The number of nitrogens with one attached hydrogen (secondary N) is 2. The molecule has 5 heteroatoms. The third-order valence-corrected chi connectivity index (χ3v) is 3.87. The highest BCUT2D eigenvalue weighted by molar-refractivity contribution is 5.75. The van der Waals surface area contributed by atoms with Crippen LogP contribution in [0.15, 0.2) is 24.3 Å². The summed E-state index contributed by atoms with van der Waals surface area (Å²) in [6, 6.07) is 6.29. The number of hydrogen-bond acceptors (Lipinski definition) is 2. The number of aliphatic hydroxyl groups excluding tert-OH is 1. The summed E-state index contributed by atoms with van der Waals surface area (Å²) in [5.41, 5.74) is 0.375. The van der Waals surface area contributed by atoms with Crippen molar-refractivity contribution in [1.29, 1.82) is 0 Å². The summed E-state index contributed by atoms with van der Waals surface area (Å²) >= 11 is 0. The molecule has 0 bridgehead atoms. The molecule has 1 aliphatic carbocycles. The number of rotatable bonds is 4. The highest BCUT2D eigenvalue weighted by Gasteiger charge is 2.41. The molecule has 2 amide bonds. The Bertz CT molecular complexity index is 513. The standard InChI is InChI=1S/C16H23FN2O2/c1-16(2,3)14(20)9-18-15(21)19-13-8-11(13)10-6-4-5-7-12(10)17/h4-7,11,13-14,20H,8-9H2,1-3H3,(H2,18,19,21). The minimum Gasteiger partial charge on any atom is -0.391 e. The van der Waals surface area contributed by atoms with Gasteiger partial charge < -0.3 is 15.7 Å². The van der Waals surface area contributed by atoms with E-state index in [2.05, 4.69) is 10.6 Å². The molecule has 21 heavy (non-hydrogen) atoms. The molecule has 4 nitrogen and oxygen atoms in total. The molecule has 0 aliphatic heterocycles.